The summed E-state index contributed by atoms with van der Waals surface area (Å²) in [6.45, 7) is 2.00. The monoisotopic (exact) mass is 332 g/mol. The molecule has 1 nitrogen and oxygen atoms in total. The molecule has 106 valence electrons. The van der Waals surface area contributed by atoms with Crippen molar-refractivity contribution < 1.29 is 4.79 Å². The van der Waals surface area contributed by atoms with Crippen molar-refractivity contribution >= 4 is 50.6 Å². The van der Waals surface area contributed by atoms with Crippen LogP contribution < -0.4 is 0 Å². The summed E-state index contributed by atoms with van der Waals surface area (Å²) in [5.41, 5.74) is 1.04. The van der Waals surface area contributed by atoms with Gasteiger partial charge in [0, 0.05) is 14.6 Å². The highest BCUT2D eigenvalue weighted by Crippen LogP contribution is 2.33. The van der Waals surface area contributed by atoms with E-state index in [1.165, 1.54) is 0 Å². The van der Waals surface area contributed by atoms with Gasteiger partial charge in [0.05, 0.1) is 10.6 Å². The van der Waals surface area contributed by atoms with Crippen molar-refractivity contribution in [1.29, 1.82) is 0 Å². The summed E-state index contributed by atoms with van der Waals surface area (Å²) in [7, 11) is 0. The van der Waals surface area contributed by atoms with Crippen LogP contribution in [0.1, 0.15) is 15.2 Å². The predicted octanol–water partition coefficient (Wildman–Crippen LogP) is 5.84. The maximum absolute atomic E-state index is 12.4. The highest BCUT2D eigenvalue weighted by atomic mass is 35.5. The number of hydrogen-bond acceptors (Lipinski definition) is 3. The summed E-state index contributed by atoms with van der Waals surface area (Å²) in [6, 6.07) is 15.8. The minimum Gasteiger partial charge on any atom is -0.292 e. The summed E-state index contributed by atoms with van der Waals surface area (Å²) in [6.07, 6.45) is 0. The number of carbonyl (C=O) groups excluding carboxylic acids is 1. The lowest BCUT2D eigenvalue weighted by atomic mass is 10.1. The SMILES string of the molecule is Cc1c(C(=O)CSc2ccccc2)sc2ccc(Cl)cc12. The molecule has 4 heteroatoms. The molecule has 0 aliphatic heterocycles. The smallest absolute Gasteiger partial charge is 0.183 e. The third kappa shape index (κ3) is 3.15. The van der Waals surface area contributed by atoms with Gasteiger partial charge in [-0.25, -0.2) is 0 Å². The molecule has 1 heterocycles. The lowest BCUT2D eigenvalue weighted by Gasteiger charge is -2.00. The van der Waals surface area contributed by atoms with E-state index >= 15 is 0 Å². The second-order valence-electron chi connectivity index (χ2n) is 4.72. The summed E-state index contributed by atoms with van der Waals surface area (Å²) in [5, 5.41) is 1.79. The molecule has 3 aromatic rings. The topological polar surface area (TPSA) is 17.1 Å². The van der Waals surface area contributed by atoms with Gasteiger partial charge in [-0.15, -0.1) is 23.1 Å². The Bertz CT molecular complexity index is 793. The molecule has 0 saturated heterocycles. The van der Waals surface area contributed by atoms with Crippen molar-refractivity contribution in [1.82, 2.24) is 0 Å². The van der Waals surface area contributed by atoms with Crippen LogP contribution in [0.2, 0.25) is 5.02 Å². The van der Waals surface area contributed by atoms with E-state index in [1.54, 1.807) is 23.1 Å². The van der Waals surface area contributed by atoms with Crippen molar-refractivity contribution in [3.05, 3.63) is 64.0 Å². The molecule has 0 saturated carbocycles. The van der Waals surface area contributed by atoms with Crippen molar-refractivity contribution in [3.8, 4) is 0 Å². The number of Topliss-reactive ketones (excluding diaryl/α,β-unsaturated/α-hetero) is 1. The zero-order chi connectivity index (χ0) is 14.8. The molecule has 0 atom stereocenters. The fourth-order valence-electron chi connectivity index (χ4n) is 2.19. The first-order chi connectivity index (χ1) is 10.1. The number of benzene rings is 2. The van der Waals surface area contributed by atoms with Crippen LogP contribution in [0.5, 0.6) is 0 Å². The number of rotatable bonds is 4. The minimum atomic E-state index is 0.179. The maximum Gasteiger partial charge on any atom is 0.183 e. The molecule has 0 aliphatic carbocycles. The normalized spacial score (nSPS) is 11.0. The third-order valence-electron chi connectivity index (χ3n) is 3.26. The van der Waals surface area contributed by atoms with Crippen LogP contribution in [-0.4, -0.2) is 11.5 Å². The van der Waals surface area contributed by atoms with Crippen molar-refractivity contribution in [2.45, 2.75) is 11.8 Å². The lowest BCUT2D eigenvalue weighted by molar-refractivity contribution is 0.102. The Hall–Kier alpha value is -1.29. The zero-order valence-electron chi connectivity index (χ0n) is 11.4. The van der Waals surface area contributed by atoms with Gasteiger partial charge in [0.15, 0.2) is 5.78 Å². The maximum atomic E-state index is 12.4. The zero-order valence-corrected chi connectivity index (χ0v) is 13.8. The van der Waals surface area contributed by atoms with Crippen LogP contribution in [0.3, 0.4) is 0 Å². The second kappa shape index (κ2) is 6.22. The summed E-state index contributed by atoms with van der Waals surface area (Å²) < 4.78 is 1.12. The minimum absolute atomic E-state index is 0.179. The Morgan fingerprint density at radius 1 is 1.19 bits per heavy atom. The van der Waals surface area contributed by atoms with E-state index in [1.807, 2.05) is 55.5 Å². The second-order valence-corrected chi connectivity index (χ2v) is 7.26. The van der Waals surface area contributed by atoms with Crippen LogP contribution in [0.15, 0.2) is 53.4 Å². The fourth-order valence-corrected chi connectivity index (χ4v) is 4.37. The van der Waals surface area contributed by atoms with Gasteiger partial charge in [-0.2, -0.15) is 0 Å². The Morgan fingerprint density at radius 2 is 1.95 bits per heavy atom. The molecule has 0 spiro atoms. The molecule has 3 rings (SSSR count). The molecule has 1 aromatic heterocycles. The largest absolute Gasteiger partial charge is 0.292 e. The van der Waals surface area contributed by atoms with E-state index in [4.69, 9.17) is 11.6 Å². The van der Waals surface area contributed by atoms with Crippen molar-refractivity contribution in [3.63, 3.8) is 0 Å². The predicted molar refractivity (Wildman–Crippen MR) is 93.1 cm³/mol. The molecule has 21 heavy (non-hydrogen) atoms. The molecule has 0 N–H and O–H groups in total. The average molecular weight is 333 g/mol. The van der Waals surface area contributed by atoms with Crippen LogP contribution in [0.4, 0.5) is 0 Å². The fraction of sp³-hybridized carbons (Fsp3) is 0.118. The number of halogens is 1. The number of fused-ring (bicyclic) bond motifs is 1. The number of carbonyl (C=O) groups is 1. The number of hydrogen-bond donors (Lipinski definition) is 0. The molecule has 2 aromatic carbocycles. The molecule has 0 fully saturated rings. The first-order valence-corrected chi connectivity index (χ1v) is 8.73. The van der Waals surface area contributed by atoms with E-state index in [0.29, 0.717) is 10.8 Å². The van der Waals surface area contributed by atoms with Crippen molar-refractivity contribution in [2.75, 3.05) is 5.75 Å². The van der Waals surface area contributed by atoms with Gasteiger partial charge >= 0.3 is 0 Å². The highest BCUT2D eigenvalue weighted by molar-refractivity contribution is 8.00. The Balaban J connectivity index is 1.83. The van der Waals surface area contributed by atoms with E-state index in [0.717, 1.165) is 25.4 Å². The van der Waals surface area contributed by atoms with Gasteiger partial charge < -0.3 is 0 Å². The van der Waals surface area contributed by atoms with E-state index in [-0.39, 0.29) is 5.78 Å². The summed E-state index contributed by atoms with van der Waals surface area (Å²) in [4.78, 5) is 14.4. The highest BCUT2D eigenvalue weighted by Gasteiger charge is 2.15. The van der Waals surface area contributed by atoms with Crippen LogP contribution >= 0.6 is 34.7 Å². The molecule has 0 amide bonds. The van der Waals surface area contributed by atoms with Crippen LogP contribution in [-0.2, 0) is 0 Å². The molecular weight excluding hydrogens is 320 g/mol. The van der Waals surface area contributed by atoms with Crippen molar-refractivity contribution in [2.24, 2.45) is 0 Å². The van der Waals surface area contributed by atoms with E-state index in [2.05, 4.69) is 0 Å². The first-order valence-electron chi connectivity index (χ1n) is 6.55. The van der Waals surface area contributed by atoms with Crippen LogP contribution in [0.25, 0.3) is 10.1 Å². The number of thioether (sulfide) groups is 1. The van der Waals surface area contributed by atoms with E-state index < -0.39 is 0 Å². The number of thiophene rings is 1. The summed E-state index contributed by atoms with van der Waals surface area (Å²) >= 11 is 9.17. The molecule has 0 bridgehead atoms. The lowest BCUT2D eigenvalue weighted by Crippen LogP contribution is -2.01. The standard InChI is InChI=1S/C17H13ClOS2/c1-11-14-9-12(18)7-8-16(14)21-17(11)15(19)10-20-13-5-3-2-4-6-13/h2-9H,10H2,1H3. The summed E-state index contributed by atoms with van der Waals surface area (Å²) in [5.74, 6) is 0.643. The van der Waals surface area contributed by atoms with Gasteiger partial charge in [-0.3, -0.25) is 4.79 Å². The Morgan fingerprint density at radius 3 is 2.71 bits per heavy atom. The average Bonchev–Trinajstić information content (AvgIpc) is 2.83. The molecule has 0 radical (unpaired) electrons. The van der Waals surface area contributed by atoms with Gasteiger partial charge in [-0.1, -0.05) is 29.8 Å². The first kappa shape index (κ1) is 14.6. The Labute approximate surface area is 136 Å². The van der Waals surface area contributed by atoms with Gasteiger partial charge in [0.1, 0.15) is 0 Å². The third-order valence-corrected chi connectivity index (χ3v) is 5.83. The van der Waals surface area contributed by atoms with E-state index in [9.17, 15) is 4.79 Å². The molecule has 0 unspecified atom stereocenters. The molecule has 0 aliphatic rings. The quantitative estimate of drug-likeness (QED) is 0.441. The van der Waals surface area contributed by atoms with Gasteiger partial charge in [-0.05, 0) is 48.2 Å². The van der Waals surface area contributed by atoms with Gasteiger partial charge in [0.25, 0.3) is 0 Å². The van der Waals surface area contributed by atoms with Gasteiger partial charge in [0.2, 0.25) is 0 Å². The number of ketones is 1. The number of aryl methyl sites for hydroxylation is 1. The Kier molecular flexibility index (Phi) is 4.34. The molecular formula is C17H13ClOS2. The van der Waals surface area contributed by atoms with Crippen LogP contribution in [0, 0.1) is 6.92 Å².